The second kappa shape index (κ2) is 11.1. The topological polar surface area (TPSA) is 55.1 Å². The highest BCUT2D eigenvalue weighted by molar-refractivity contribution is 5.75. The number of hydrogen-bond donors (Lipinski definition) is 2. The van der Waals surface area contributed by atoms with Crippen molar-refractivity contribution >= 4 is 5.91 Å². The smallest absolute Gasteiger partial charge is 0.219 e. The molecule has 0 spiro atoms. The van der Waals surface area contributed by atoms with Gasteiger partial charge in [-0.05, 0) is 32.2 Å². The van der Waals surface area contributed by atoms with E-state index in [-0.39, 0.29) is 5.91 Å². The first kappa shape index (κ1) is 14.0. The molecule has 15 heavy (non-hydrogen) atoms. The van der Waals surface area contributed by atoms with E-state index in [1.54, 1.807) is 0 Å². The lowest BCUT2D eigenvalue weighted by Crippen LogP contribution is -2.24. The number of terminal acetylenes is 1. The summed E-state index contributed by atoms with van der Waals surface area (Å²) in [5, 5.41) is 2.89. The minimum Gasteiger partial charge on any atom is -0.356 e. The summed E-state index contributed by atoms with van der Waals surface area (Å²) in [6.07, 6.45) is 11.5. The van der Waals surface area contributed by atoms with E-state index in [0.717, 1.165) is 51.6 Å². The molecule has 0 aromatic rings. The van der Waals surface area contributed by atoms with Crippen molar-refractivity contribution in [1.82, 2.24) is 5.32 Å². The Morgan fingerprint density at radius 3 is 2.67 bits per heavy atom. The number of nitrogens with one attached hydrogen (secondary N) is 1. The molecule has 0 aliphatic rings. The highest BCUT2D eigenvalue weighted by atomic mass is 16.1. The molecule has 0 atom stereocenters. The lowest BCUT2D eigenvalue weighted by Gasteiger charge is -2.04. The van der Waals surface area contributed by atoms with Crippen LogP contribution in [0.2, 0.25) is 0 Å². The van der Waals surface area contributed by atoms with Crippen LogP contribution in [0.25, 0.3) is 0 Å². The number of hydrogen-bond acceptors (Lipinski definition) is 2. The van der Waals surface area contributed by atoms with Gasteiger partial charge in [-0.25, -0.2) is 0 Å². The van der Waals surface area contributed by atoms with E-state index < -0.39 is 0 Å². The number of carbonyl (C=O) groups excluding carboxylic acids is 1. The summed E-state index contributed by atoms with van der Waals surface area (Å²) in [4.78, 5) is 11.3. The molecule has 3 heteroatoms. The molecule has 0 aliphatic heterocycles. The summed E-state index contributed by atoms with van der Waals surface area (Å²) < 4.78 is 0. The second-order valence-electron chi connectivity index (χ2n) is 3.61. The summed E-state index contributed by atoms with van der Waals surface area (Å²) in [7, 11) is 0. The first-order chi connectivity index (χ1) is 7.31. The molecule has 0 radical (unpaired) electrons. The van der Waals surface area contributed by atoms with Gasteiger partial charge in [0.05, 0.1) is 0 Å². The molecule has 0 heterocycles. The van der Waals surface area contributed by atoms with Crippen molar-refractivity contribution in [2.24, 2.45) is 5.73 Å². The van der Waals surface area contributed by atoms with Crippen LogP contribution in [0, 0.1) is 12.3 Å². The molecule has 3 nitrogen and oxygen atoms in total. The van der Waals surface area contributed by atoms with Gasteiger partial charge in [0.1, 0.15) is 0 Å². The van der Waals surface area contributed by atoms with Gasteiger partial charge in [-0.3, -0.25) is 4.79 Å². The third kappa shape index (κ3) is 10.9. The first-order valence-electron chi connectivity index (χ1n) is 5.71. The summed E-state index contributed by atoms with van der Waals surface area (Å²) >= 11 is 0. The number of nitrogens with two attached hydrogens (primary N) is 1. The Morgan fingerprint density at radius 1 is 1.20 bits per heavy atom. The van der Waals surface area contributed by atoms with E-state index in [4.69, 9.17) is 12.2 Å². The first-order valence-corrected chi connectivity index (χ1v) is 5.71. The van der Waals surface area contributed by atoms with E-state index >= 15 is 0 Å². The van der Waals surface area contributed by atoms with Crippen LogP contribution in [0.4, 0.5) is 0 Å². The highest BCUT2D eigenvalue weighted by Gasteiger charge is 1.99. The van der Waals surface area contributed by atoms with Gasteiger partial charge in [0.25, 0.3) is 0 Å². The van der Waals surface area contributed by atoms with Gasteiger partial charge in [-0.2, -0.15) is 0 Å². The van der Waals surface area contributed by atoms with Crippen LogP contribution < -0.4 is 11.1 Å². The molecular formula is C12H22N2O. The van der Waals surface area contributed by atoms with E-state index in [2.05, 4.69) is 11.2 Å². The molecule has 0 aliphatic carbocycles. The fourth-order valence-corrected chi connectivity index (χ4v) is 1.27. The number of rotatable bonds is 9. The Morgan fingerprint density at radius 2 is 2.00 bits per heavy atom. The molecule has 0 rings (SSSR count). The number of carbonyl (C=O) groups is 1. The molecule has 0 aromatic heterocycles. The van der Waals surface area contributed by atoms with Gasteiger partial charge in [-0.1, -0.05) is 6.42 Å². The molecule has 86 valence electrons. The minimum absolute atomic E-state index is 0.139. The SMILES string of the molecule is C#CCCCCC(=O)NCCCCCN. The van der Waals surface area contributed by atoms with Gasteiger partial charge in [0.15, 0.2) is 0 Å². The van der Waals surface area contributed by atoms with Crippen molar-refractivity contribution in [2.45, 2.75) is 44.9 Å². The van der Waals surface area contributed by atoms with E-state index in [1.807, 2.05) is 0 Å². The van der Waals surface area contributed by atoms with Crippen LogP contribution in [0.15, 0.2) is 0 Å². The largest absolute Gasteiger partial charge is 0.356 e. The monoisotopic (exact) mass is 210 g/mol. The Labute approximate surface area is 92.8 Å². The molecule has 0 fully saturated rings. The zero-order valence-corrected chi connectivity index (χ0v) is 9.43. The normalized spacial score (nSPS) is 9.60. The maximum atomic E-state index is 11.3. The predicted molar refractivity (Wildman–Crippen MR) is 63.2 cm³/mol. The summed E-state index contributed by atoms with van der Waals surface area (Å²) in [6.45, 7) is 1.51. The zero-order chi connectivity index (χ0) is 11.4. The Hall–Kier alpha value is -1.01. The molecule has 0 aromatic carbocycles. The third-order valence-corrected chi connectivity index (χ3v) is 2.18. The van der Waals surface area contributed by atoms with Crippen LogP contribution in [-0.2, 0) is 4.79 Å². The predicted octanol–water partition coefficient (Wildman–Crippen LogP) is 1.43. The van der Waals surface area contributed by atoms with Gasteiger partial charge >= 0.3 is 0 Å². The number of unbranched alkanes of at least 4 members (excludes halogenated alkanes) is 4. The van der Waals surface area contributed by atoms with E-state index in [1.165, 1.54) is 0 Å². The molecule has 0 saturated heterocycles. The van der Waals surface area contributed by atoms with Crippen LogP contribution >= 0.6 is 0 Å². The fourth-order valence-electron chi connectivity index (χ4n) is 1.27. The van der Waals surface area contributed by atoms with Crippen LogP contribution in [-0.4, -0.2) is 19.0 Å². The van der Waals surface area contributed by atoms with Crippen LogP contribution in [0.1, 0.15) is 44.9 Å². The summed E-state index contributed by atoms with van der Waals surface area (Å²) in [6, 6.07) is 0. The van der Waals surface area contributed by atoms with Crippen molar-refractivity contribution < 1.29 is 4.79 Å². The number of amides is 1. The van der Waals surface area contributed by atoms with Crippen LogP contribution in [0.5, 0.6) is 0 Å². The van der Waals surface area contributed by atoms with Gasteiger partial charge in [0.2, 0.25) is 5.91 Å². The third-order valence-electron chi connectivity index (χ3n) is 2.18. The molecular weight excluding hydrogens is 188 g/mol. The summed E-state index contributed by atoms with van der Waals surface area (Å²) in [5.41, 5.74) is 5.36. The minimum atomic E-state index is 0.139. The summed E-state index contributed by atoms with van der Waals surface area (Å²) in [5.74, 6) is 2.70. The second-order valence-corrected chi connectivity index (χ2v) is 3.61. The van der Waals surface area contributed by atoms with Crippen molar-refractivity contribution in [1.29, 1.82) is 0 Å². The lowest BCUT2D eigenvalue weighted by atomic mass is 10.2. The average Bonchev–Trinajstić information content (AvgIpc) is 2.24. The van der Waals surface area contributed by atoms with Crippen LogP contribution in [0.3, 0.4) is 0 Å². The van der Waals surface area contributed by atoms with E-state index in [0.29, 0.717) is 6.42 Å². The maximum absolute atomic E-state index is 11.3. The van der Waals surface area contributed by atoms with Gasteiger partial charge in [-0.15, -0.1) is 12.3 Å². The average molecular weight is 210 g/mol. The Balaban J connectivity index is 3.16. The van der Waals surface area contributed by atoms with Crippen molar-refractivity contribution in [2.75, 3.05) is 13.1 Å². The maximum Gasteiger partial charge on any atom is 0.219 e. The fraction of sp³-hybridized carbons (Fsp3) is 0.750. The Bertz CT molecular complexity index is 196. The van der Waals surface area contributed by atoms with Gasteiger partial charge < -0.3 is 11.1 Å². The van der Waals surface area contributed by atoms with Crippen molar-refractivity contribution in [3.63, 3.8) is 0 Å². The van der Waals surface area contributed by atoms with Crippen molar-refractivity contribution in [3.05, 3.63) is 0 Å². The van der Waals surface area contributed by atoms with Crippen molar-refractivity contribution in [3.8, 4) is 12.3 Å². The van der Waals surface area contributed by atoms with Gasteiger partial charge in [0, 0.05) is 19.4 Å². The molecule has 3 N–H and O–H groups in total. The lowest BCUT2D eigenvalue weighted by molar-refractivity contribution is -0.121. The zero-order valence-electron chi connectivity index (χ0n) is 9.43. The molecule has 0 bridgehead atoms. The standard InChI is InChI=1S/C12H22N2O/c1-2-3-4-6-9-12(15)14-11-8-5-7-10-13/h1H,3-11,13H2,(H,14,15). The Kier molecular flexibility index (Phi) is 10.3. The molecule has 0 unspecified atom stereocenters. The molecule has 0 saturated carbocycles. The molecule has 1 amide bonds. The highest BCUT2D eigenvalue weighted by Crippen LogP contribution is 1.98. The van der Waals surface area contributed by atoms with E-state index in [9.17, 15) is 4.79 Å². The quantitative estimate of drug-likeness (QED) is 0.447.